The van der Waals surface area contributed by atoms with Crippen molar-refractivity contribution in [3.8, 4) is 0 Å². The van der Waals surface area contributed by atoms with Crippen LogP contribution in [0.1, 0.15) is 0 Å². The molecule has 100 valence electrons. The topological polar surface area (TPSA) is 59.4 Å². The number of aryl methyl sites for hydroxylation is 1. The Morgan fingerprint density at radius 3 is 2.95 bits per heavy atom. The van der Waals surface area contributed by atoms with Crippen molar-refractivity contribution in [2.75, 3.05) is 31.6 Å². The van der Waals surface area contributed by atoms with Crippen LogP contribution in [0.2, 0.25) is 0 Å². The summed E-state index contributed by atoms with van der Waals surface area (Å²) in [6.45, 7) is 2.47. The number of carbonyl (C=O) groups is 1. The summed E-state index contributed by atoms with van der Waals surface area (Å²) in [7, 11) is 1.88. The number of morpholine rings is 1. The number of hydrogen-bond acceptors (Lipinski definition) is 3. The summed E-state index contributed by atoms with van der Waals surface area (Å²) in [6.07, 6.45) is 1.77. The highest BCUT2D eigenvalue weighted by Gasteiger charge is 2.17. The summed E-state index contributed by atoms with van der Waals surface area (Å²) in [5.41, 5.74) is 1.79. The van der Waals surface area contributed by atoms with E-state index < -0.39 is 0 Å². The number of aromatic nitrogens is 2. The summed E-state index contributed by atoms with van der Waals surface area (Å²) in [4.78, 5) is 13.9. The quantitative estimate of drug-likeness (QED) is 0.844. The lowest BCUT2D eigenvalue weighted by Gasteiger charge is -2.27. The predicted molar refractivity (Wildman–Crippen MR) is 72.1 cm³/mol. The molecule has 0 saturated carbocycles. The minimum absolute atomic E-state index is 0.0837. The van der Waals surface area contributed by atoms with Crippen molar-refractivity contribution in [3.63, 3.8) is 0 Å². The first-order valence-corrected chi connectivity index (χ1v) is 6.30. The lowest BCUT2D eigenvalue weighted by Crippen LogP contribution is -2.43. The number of fused-ring (bicyclic) bond motifs is 1. The maximum Gasteiger partial charge on any atom is 0.322 e. The van der Waals surface area contributed by atoms with E-state index >= 15 is 0 Å². The third-order valence-electron chi connectivity index (χ3n) is 3.33. The summed E-state index contributed by atoms with van der Waals surface area (Å²) >= 11 is 0. The molecule has 0 spiro atoms. The molecule has 0 aliphatic carbocycles. The first-order chi connectivity index (χ1) is 9.25. The van der Waals surface area contributed by atoms with Gasteiger partial charge in [0.2, 0.25) is 0 Å². The van der Waals surface area contributed by atoms with Gasteiger partial charge in [-0.05, 0) is 12.1 Å². The van der Waals surface area contributed by atoms with Crippen LogP contribution in [0, 0.1) is 0 Å². The van der Waals surface area contributed by atoms with Gasteiger partial charge in [-0.25, -0.2) is 4.79 Å². The van der Waals surface area contributed by atoms with E-state index in [0.29, 0.717) is 26.3 Å². The van der Waals surface area contributed by atoms with Gasteiger partial charge >= 0.3 is 6.03 Å². The second kappa shape index (κ2) is 4.89. The molecule has 1 fully saturated rings. The first kappa shape index (κ1) is 12.0. The zero-order chi connectivity index (χ0) is 13.2. The fourth-order valence-electron chi connectivity index (χ4n) is 2.25. The Labute approximate surface area is 110 Å². The molecule has 6 nitrogen and oxygen atoms in total. The number of nitrogens with zero attached hydrogens (tertiary/aromatic N) is 3. The number of hydrogen-bond donors (Lipinski definition) is 1. The second-order valence-corrected chi connectivity index (χ2v) is 4.54. The molecule has 1 saturated heterocycles. The van der Waals surface area contributed by atoms with Crippen LogP contribution in [0.15, 0.2) is 24.4 Å². The molecule has 2 aromatic rings. The van der Waals surface area contributed by atoms with Gasteiger partial charge in [0.05, 0.1) is 30.6 Å². The molecule has 2 heterocycles. The third kappa shape index (κ3) is 2.26. The van der Waals surface area contributed by atoms with E-state index in [4.69, 9.17) is 4.74 Å². The highest BCUT2D eigenvalue weighted by molar-refractivity contribution is 6.00. The van der Waals surface area contributed by atoms with E-state index in [1.165, 1.54) is 0 Å². The Hall–Kier alpha value is -2.08. The van der Waals surface area contributed by atoms with Gasteiger partial charge in [-0.15, -0.1) is 0 Å². The third-order valence-corrected chi connectivity index (χ3v) is 3.33. The first-order valence-electron chi connectivity index (χ1n) is 6.30. The number of amides is 2. The lowest BCUT2D eigenvalue weighted by atomic mass is 10.2. The molecule has 1 aliphatic heterocycles. The van der Waals surface area contributed by atoms with Crippen LogP contribution in [0.4, 0.5) is 10.5 Å². The van der Waals surface area contributed by atoms with E-state index in [-0.39, 0.29) is 6.03 Å². The predicted octanol–water partition coefficient (Wildman–Crippen LogP) is 1.44. The van der Waals surface area contributed by atoms with Crippen molar-refractivity contribution in [1.82, 2.24) is 14.7 Å². The Balaban J connectivity index is 1.82. The average molecular weight is 260 g/mol. The molecular formula is C13H16N4O2. The number of carbonyl (C=O) groups excluding carboxylic acids is 1. The van der Waals surface area contributed by atoms with E-state index in [1.807, 2.05) is 25.2 Å². The Kier molecular flexibility index (Phi) is 3.08. The standard InChI is InChI=1S/C13H16N4O2/c1-16-12-4-2-3-11(10(12)9-14-16)15-13(18)17-5-7-19-8-6-17/h2-4,9H,5-8H2,1H3,(H,15,18). The van der Waals surface area contributed by atoms with Gasteiger partial charge in [0.25, 0.3) is 0 Å². The summed E-state index contributed by atoms with van der Waals surface area (Å²) < 4.78 is 7.03. The van der Waals surface area contributed by atoms with Gasteiger partial charge < -0.3 is 15.0 Å². The summed E-state index contributed by atoms with van der Waals surface area (Å²) in [5.74, 6) is 0. The molecular weight excluding hydrogens is 244 g/mol. The van der Waals surface area contributed by atoms with Crippen molar-refractivity contribution in [2.24, 2.45) is 7.05 Å². The number of benzene rings is 1. The minimum Gasteiger partial charge on any atom is -0.378 e. The molecule has 1 aromatic heterocycles. The van der Waals surface area contributed by atoms with Gasteiger partial charge in [-0.1, -0.05) is 6.07 Å². The maximum absolute atomic E-state index is 12.2. The van der Waals surface area contributed by atoms with Gasteiger partial charge in [0.1, 0.15) is 0 Å². The highest BCUT2D eigenvalue weighted by atomic mass is 16.5. The van der Waals surface area contributed by atoms with Crippen LogP contribution in [0.25, 0.3) is 10.9 Å². The van der Waals surface area contributed by atoms with Crippen molar-refractivity contribution in [3.05, 3.63) is 24.4 Å². The molecule has 0 bridgehead atoms. The average Bonchev–Trinajstić information content (AvgIpc) is 2.83. The zero-order valence-electron chi connectivity index (χ0n) is 10.8. The van der Waals surface area contributed by atoms with Crippen LogP contribution in [0.3, 0.4) is 0 Å². The Bertz CT molecular complexity index is 602. The molecule has 1 aromatic carbocycles. The smallest absolute Gasteiger partial charge is 0.322 e. The highest BCUT2D eigenvalue weighted by Crippen LogP contribution is 2.22. The number of anilines is 1. The number of nitrogens with one attached hydrogen (secondary N) is 1. The monoisotopic (exact) mass is 260 g/mol. The second-order valence-electron chi connectivity index (χ2n) is 4.54. The molecule has 0 unspecified atom stereocenters. The van der Waals surface area contributed by atoms with E-state index in [1.54, 1.807) is 15.8 Å². The summed E-state index contributed by atoms with van der Waals surface area (Å²) in [5, 5.41) is 8.10. The zero-order valence-corrected chi connectivity index (χ0v) is 10.8. The molecule has 1 N–H and O–H groups in total. The fourth-order valence-corrected chi connectivity index (χ4v) is 2.25. The van der Waals surface area contributed by atoms with E-state index in [2.05, 4.69) is 10.4 Å². The van der Waals surface area contributed by atoms with Crippen LogP contribution < -0.4 is 5.32 Å². The molecule has 0 atom stereocenters. The maximum atomic E-state index is 12.2. The number of rotatable bonds is 1. The molecule has 1 aliphatic rings. The number of urea groups is 1. The molecule has 0 radical (unpaired) electrons. The van der Waals surface area contributed by atoms with Crippen LogP contribution in [0.5, 0.6) is 0 Å². The molecule has 2 amide bonds. The lowest BCUT2D eigenvalue weighted by molar-refractivity contribution is 0.0565. The van der Waals surface area contributed by atoms with E-state index in [9.17, 15) is 4.79 Å². The van der Waals surface area contributed by atoms with Gasteiger partial charge in [0, 0.05) is 25.5 Å². The van der Waals surface area contributed by atoms with Crippen LogP contribution >= 0.6 is 0 Å². The largest absolute Gasteiger partial charge is 0.378 e. The fraction of sp³-hybridized carbons (Fsp3) is 0.385. The summed E-state index contributed by atoms with van der Waals surface area (Å²) in [6, 6.07) is 5.70. The van der Waals surface area contributed by atoms with Crippen LogP contribution in [-0.2, 0) is 11.8 Å². The molecule has 3 rings (SSSR count). The van der Waals surface area contributed by atoms with Gasteiger partial charge in [-0.2, -0.15) is 5.10 Å². The van der Waals surface area contributed by atoms with Crippen molar-refractivity contribution < 1.29 is 9.53 Å². The molecule has 19 heavy (non-hydrogen) atoms. The van der Waals surface area contributed by atoms with Gasteiger partial charge in [0.15, 0.2) is 0 Å². The number of ether oxygens (including phenoxy) is 1. The van der Waals surface area contributed by atoms with Gasteiger partial charge in [-0.3, -0.25) is 4.68 Å². The SMILES string of the molecule is Cn1ncc2c(NC(=O)N3CCOCC3)cccc21. The normalized spacial score (nSPS) is 15.7. The van der Waals surface area contributed by atoms with E-state index in [0.717, 1.165) is 16.6 Å². The van der Waals surface area contributed by atoms with Crippen molar-refractivity contribution in [2.45, 2.75) is 0 Å². The van der Waals surface area contributed by atoms with Crippen molar-refractivity contribution in [1.29, 1.82) is 0 Å². The Morgan fingerprint density at radius 2 is 2.16 bits per heavy atom. The molecule has 6 heteroatoms. The van der Waals surface area contributed by atoms with Crippen molar-refractivity contribution >= 4 is 22.6 Å². The minimum atomic E-state index is -0.0837. The Morgan fingerprint density at radius 1 is 1.37 bits per heavy atom. The van der Waals surface area contributed by atoms with Crippen LogP contribution in [-0.4, -0.2) is 47.0 Å².